The first-order chi connectivity index (χ1) is 15.1. The third-order valence-electron chi connectivity index (χ3n) is 4.55. The summed E-state index contributed by atoms with van der Waals surface area (Å²) in [4.78, 5) is 45.0. The van der Waals surface area contributed by atoms with Crippen LogP contribution in [0, 0.1) is 24.4 Å². The summed E-state index contributed by atoms with van der Waals surface area (Å²) in [6, 6.07) is 1.64. The highest BCUT2D eigenvalue weighted by Gasteiger charge is 2.22. The van der Waals surface area contributed by atoms with Gasteiger partial charge in [0, 0.05) is 0 Å². The number of thiophene rings is 1. The van der Waals surface area contributed by atoms with Gasteiger partial charge >= 0.3 is 5.97 Å². The maximum absolute atomic E-state index is 13.7. The monoisotopic (exact) mass is 469 g/mol. The maximum Gasteiger partial charge on any atom is 0.348 e. The Balaban J connectivity index is 1.73. The Morgan fingerprint density at radius 2 is 1.97 bits per heavy atom. The quantitative estimate of drug-likeness (QED) is 0.360. The zero-order chi connectivity index (χ0) is 23.6. The van der Waals surface area contributed by atoms with Crippen LogP contribution in [0.25, 0.3) is 10.2 Å². The molecule has 3 aromatic rings. The highest BCUT2D eigenvalue weighted by atomic mass is 32.1. The lowest BCUT2D eigenvalue weighted by molar-refractivity contribution is -0.885. The fourth-order valence-corrected chi connectivity index (χ4v) is 4.20. The Morgan fingerprint density at radius 3 is 2.66 bits per heavy atom. The average Bonchev–Trinajstić information content (AvgIpc) is 3.05. The van der Waals surface area contributed by atoms with Crippen molar-refractivity contribution in [2.75, 3.05) is 25.5 Å². The molecule has 2 aromatic heterocycles. The van der Waals surface area contributed by atoms with Crippen LogP contribution < -0.4 is 15.8 Å². The molecule has 0 saturated carbocycles. The number of aromatic amines is 1. The summed E-state index contributed by atoms with van der Waals surface area (Å²) in [5.41, 5.74) is -0.414. The number of benzene rings is 1. The van der Waals surface area contributed by atoms with E-state index < -0.39 is 40.6 Å². The zero-order valence-electron chi connectivity index (χ0n) is 17.4. The number of carbonyl (C=O) groups is 2. The molecule has 32 heavy (non-hydrogen) atoms. The second-order valence-electron chi connectivity index (χ2n) is 7.05. The number of H-pyrrole nitrogens is 1. The number of amides is 1. The van der Waals surface area contributed by atoms with Crippen molar-refractivity contribution >= 4 is 39.1 Å². The van der Waals surface area contributed by atoms with Gasteiger partial charge in [-0.1, -0.05) is 0 Å². The molecule has 0 aliphatic rings. The van der Waals surface area contributed by atoms with Crippen molar-refractivity contribution < 1.29 is 32.4 Å². The Morgan fingerprint density at radius 1 is 1.25 bits per heavy atom. The van der Waals surface area contributed by atoms with Crippen molar-refractivity contribution in [3.63, 3.8) is 0 Å². The van der Waals surface area contributed by atoms with Crippen LogP contribution in [0.2, 0.25) is 0 Å². The molecule has 1 amide bonds. The zero-order valence-corrected chi connectivity index (χ0v) is 18.2. The normalized spacial score (nSPS) is 12.1. The largest absolute Gasteiger partial charge is 0.462 e. The number of quaternary nitrogens is 1. The van der Waals surface area contributed by atoms with Gasteiger partial charge in [-0.15, -0.1) is 11.3 Å². The number of nitrogens with one attached hydrogen (secondary N) is 3. The van der Waals surface area contributed by atoms with Gasteiger partial charge in [-0.25, -0.2) is 22.9 Å². The highest BCUT2D eigenvalue weighted by molar-refractivity contribution is 7.20. The molecule has 2 heterocycles. The number of likely N-dealkylation sites (N-methyl/N-ethyl adjacent to an activating group) is 1. The summed E-state index contributed by atoms with van der Waals surface area (Å²) in [6.45, 7) is 3.48. The topological polar surface area (TPSA) is 106 Å². The van der Waals surface area contributed by atoms with Crippen LogP contribution in [0.15, 0.2) is 16.9 Å². The maximum atomic E-state index is 13.7. The number of hydrogen-bond acceptors (Lipinski definition) is 6. The molecule has 1 unspecified atom stereocenters. The molecule has 0 spiro atoms. The van der Waals surface area contributed by atoms with E-state index in [1.54, 1.807) is 20.9 Å². The summed E-state index contributed by atoms with van der Waals surface area (Å²) in [5, 5.41) is 2.49. The van der Waals surface area contributed by atoms with Crippen LogP contribution >= 0.6 is 11.3 Å². The molecule has 0 fully saturated rings. The van der Waals surface area contributed by atoms with Crippen LogP contribution in [0.5, 0.6) is 0 Å². The molecule has 170 valence electrons. The van der Waals surface area contributed by atoms with Crippen LogP contribution in [0.4, 0.5) is 18.9 Å². The predicted octanol–water partition coefficient (Wildman–Crippen LogP) is 1.54. The fourth-order valence-electron chi connectivity index (χ4n) is 3.10. The Kier molecular flexibility index (Phi) is 6.94. The molecule has 12 heteroatoms. The number of rotatable bonds is 7. The molecule has 0 aliphatic carbocycles. The van der Waals surface area contributed by atoms with Gasteiger partial charge in [-0.05, 0) is 31.5 Å². The molecular formula is C20H20F3N4O4S+. The number of hydrogen-bond donors (Lipinski definition) is 3. The van der Waals surface area contributed by atoms with E-state index >= 15 is 0 Å². The SMILES string of the molecule is CCOC(=O)c1sc2nc(C[NH+](C)CC(=O)Nc3ccc(F)c(F)c3F)[nH]c(=O)c2c1C. The van der Waals surface area contributed by atoms with E-state index in [0.717, 1.165) is 17.4 Å². The van der Waals surface area contributed by atoms with Gasteiger partial charge in [0.25, 0.3) is 11.5 Å². The molecule has 1 atom stereocenters. The smallest absolute Gasteiger partial charge is 0.348 e. The first-order valence-corrected chi connectivity index (χ1v) is 10.4. The minimum absolute atomic E-state index is 0.130. The molecule has 3 rings (SSSR count). The van der Waals surface area contributed by atoms with Crippen molar-refractivity contribution in [1.82, 2.24) is 9.97 Å². The number of nitrogens with zero attached hydrogens (tertiary/aromatic N) is 1. The summed E-state index contributed by atoms with van der Waals surface area (Å²) in [5.74, 6) is -5.41. The van der Waals surface area contributed by atoms with Crippen LogP contribution in [-0.4, -0.2) is 42.0 Å². The number of esters is 1. The lowest BCUT2D eigenvalue weighted by atomic mass is 10.2. The number of halogens is 3. The Bertz CT molecular complexity index is 1260. The minimum atomic E-state index is -1.67. The minimum Gasteiger partial charge on any atom is -0.462 e. The predicted molar refractivity (Wildman–Crippen MR) is 111 cm³/mol. The van der Waals surface area contributed by atoms with E-state index in [9.17, 15) is 27.6 Å². The molecular weight excluding hydrogens is 449 g/mol. The van der Waals surface area contributed by atoms with E-state index in [2.05, 4.69) is 15.3 Å². The molecule has 0 saturated heterocycles. The van der Waals surface area contributed by atoms with Gasteiger partial charge in [0.2, 0.25) is 0 Å². The first kappa shape index (κ1) is 23.4. The highest BCUT2D eigenvalue weighted by Crippen LogP contribution is 2.27. The van der Waals surface area contributed by atoms with E-state index in [-0.39, 0.29) is 25.5 Å². The van der Waals surface area contributed by atoms with Gasteiger partial charge in [0.05, 0.1) is 24.7 Å². The van der Waals surface area contributed by atoms with E-state index in [1.165, 1.54) is 0 Å². The lowest BCUT2D eigenvalue weighted by Crippen LogP contribution is -3.08. The van der Waals surface area contributed by atoms with E-state index in [0.29, 0.717) is 31.6 Å². The molecule has 8 nitrogen and oxygen atoms in total. The molecule has 0 radical (unpaired) electrons. The number of anilines is 1. The standard InChI is InChI=1S/C20H19F3N4O4S/c1-4-31-20(30)17-9(2)14-18(29)25-12(26-19(14)32-17)7-27(3)8-13(28)24-11-6-5-10(21)15(22)16(11)23/h5-6H,4,7-8H2,1-3H3,(H,24,28)(H,25,26,29)/p+1. The Hall–Kier alpha value is -3.25. The molecule has 0 bridgehead atoms. The first-order valence-electron chi connectivity index (χ1n) is 9.56. The third kappa shape index (κ3) is 4.81. The van der Waals surface area contributed by atoms with E-state index in [4.69, 9.17) is 4.74 Å². The summed E-state index contributed by atoms with van der Waals surface area (Å²) < 4.78 is 45.0. The van der Waals surface area contributed by atoms with Crippen molar-refractivity contribution in [2.24, 2.45) is 0 Å². The molecule has 3 N–H and O–H groups in total. The van der Waals surface area contributed by atoms with Crippen LogP contribution in [0.3, 0.4) is 0 Å². The van der Waals surface area contributed by atoms with E-state index in [1.807, 2.05) is 0 Å². The number of carbonyl (C=O) groups excluding carboxylic acids is 2. The fraction of sp³-hybridized carbons (Fsp3) is 0.300. The van der Waals surface area contributed by atoms with Crippen LogP contribution in [-0.2, 0) is 16.1 Å². The number of aromatic nitrogens is 2. The summed E-state index contributed by atoms with van der Waals surface area (Å²) in [6.07, 6.45) is 0. The average molecular weight is 469 g/mol. The van der Waals surface area contributed by atoms with Crippen molar-refractivity contribution in [3.8, 4) is 0 Å². The summed E-state index contributed by atoms with van der Waals surface area (Å²) in [7, 11) is 1.63. The van der Waals surface area contributed by atoms with Gasteiger partial charge in [-0.3, -0.25) is 9.59 Å². The van der Waals surface area contributed by atoms with Crippen molar-refractivity contribution in [3.05, 3.63) is 56.2 Å². The van der Waals surface area contributed by atoms with Gasteiger partial charge < -0.3 is 19.9 Å². The van der Waals surface area contributed by atoms with Crippen LogP contribution in [0.1, 0.15) is 28.0 Å². The number of fused-ring (bicyclic) bond motifs is 1. The molecule has 0 aliphatic heterocycles. The third-order valence-corrected chi connectivity index (χ3v) is 5.72. The number of aryl methyl sites for hydroxylation is 1. The lowest BCUT2D eigenvalue weighted by Gasteiger charge is -2.13. The number of ether oxygens (including phenoxy) is 1. The van der Waals surface area contributed by atoms with Gasteiger partial charge in [-0.2, -0.15) is 0 Å². The molecule has 1 aromatic carbocycles. The van der Waals surface area contributed by atoms with Gasteiger partial charge in [0.1, 0.15) is 16.3 Å². The summed E-state index contributed by atoms with van der Waals surface area (Å²) >= 11 is 1.05. The second kappa shape index (κ2) is 9.49. The van der Waals surface area contributed by atoms with Gasteiger partial charge in [0.15, 0.2) is 29.8 Å². The van der Waals surface area contributed by atoms with Crippen molar-refractivity contribution in [1.29, 1.82) is 0 Å². The second-order valence-corrected chi connectivity index (χ2v) is 8.05. The Labute approximate surface area is 184 Å². The van der Waals surface area contributed by atoms with Crippen molar-refractivity contribution in [2.45, 2.75) is 20.4 Å².